The lowest BCUT2D eigenvalue weighted by molar-refractivity contribution is -0.141. The minimum atomic E-state index is -1.45. The zero-order valence-electron chi connectivity index (χ0n) is 8.67. The van der Waals surface area contributed by atoms with Gasteiger partial charge in [-0.05, 0) is 23.8 Å². The van der Waals surface area contributed by atoms with E-state index in [2.05, 4.69) is 0 Å². The minimum Gasteiger partial charge on any atom is -0.481 e. The number of aliphatic hydroxyl groups excluding tert-OH is 2. The van der Waals surface area contributed by atoms with Crippen LogP contribution in [0.5, 0.6) is 0 Å². The Morgan fingerprint density at radius 2 is 2.06 bits per heavy atom. The Hall–Kier alpha value is -1.61. The highest BCUT2D eigenvalue weighted by Crippen LogP contribution is 2.23. The number of rotatable bonds is 4. The third kappa shape index (κ3) is 3.71. The van der Waals surface area contributed by atoms with Gasteiger partial charge >= 0.3 is 5.97 Å². The first-order chi connectivity index (χ1) is 7.93. The Bertz CT molecular complexity index is 469. The molecule has 0 aromatic heterocycles. The normalized spacial score (nSPS) is 13.8. The van der Waals surface area contributed by atoms with Gasteiger partial charge in [-0.3, -0.25) is 4.79 Å². The molecular weight excluding hydrogens is 246 g/mol. The second-order valence-electron chi connectivity index (χ2n) is 3.50. The highest BCUT2D eigenvalue weighted by molar-refractivity contribution is 6.30. The van der Waals surface area contributed by atoms with Gasteiger partial charge in [-0.1, -0.05) is 11.6 Å². The second-order valence-corrected chi connectivity index (χ2v) is 3.93. The van der Waals surface area contributed by atoms with Crippen LogP contribution in [0.1, 0.15) is 23.7 Å². The van der Waals surface area contributed by atoms with Gasteiger partial charge in [-0.25, -0.2) is 0 Å². The van der Waals surface area contributed by atoms with Crippen molar-refractivity contribution < 1.29 is 20.1 Å². The van der Waals surface area contributed by atoms with E-state index in [9.17, 15) is 15.0 Å². The highest BCUT2D eigenvalue weighted by atomic mass is 35.5. The zero-order chi connectivity index (χ0) is 13.0. The van der Waals surface area contributed by atoms with Crippen molar-refractivity contribution in [2.24, 2.45) is 0 Å². The van der Waals surface area contributed by atoms with E-state index in [1.807, 2.05) is 6.07 Å². The van der Waals surface area contributed by atoms with E-state index in [-0.39, 0.29) is 16.1 Å². The molecule has 0 saturated heterocycles. The predicted molar refractivity (Wildman–Crippen MR) is 59.4 cm³/mol. The Morgan fingerprint density at radius 3 is 2.59 bits per heavy atom. The minimum absolute atomic E-state index is 0.211. The molecule has 1 aromatic carbocycles. The van der Waals surface area contributed by atoms with Crippen LogP contribution in [-0.2, 0) is 4.79 Å². The summed E-state index contributed by atoms with van der Waals surface area (Å²) >= 11 is 5.72. The van der Waals surface area contributed by atoms with E-state index < -0.39 is 24.6 Å². The average molecular weight is 256 g/mol. The van der Waals surface area contributed by atoms with Crippen molar-refractivity contribution in [1.29, 1.82) is 5.26 Å². The second kappa shape index (κ2) is 5.64. The fourth-order valence-electron chi connectivity index (χ4n) is 1.36. The molecule has 5 nitrogen and oxygen atoms in total. The molecule has 1 rings (SSSR count). The van der Waals surface area contributed by atoms with E-state index in [4.69, 9.17) is 22.0 Å². The molecule has 0 fully saturated rings. The summed E-state index contributed by atoms with van der Waals surface area (Å²) in [6.45, 7) is 0. The fraction of sp³-hybridized carbons (Fsp3) is 0.273. The summed E-state index contributed by atoms with van der Waals surface area (Å²) in [5.74, 6) is -1.22. The maximum Gasteiger partial charge on any atom is 0.306 e. The lowest BCUT2D eigenvalue weighted by Crippen LogP contribution is -2.21. The maximum absolute atomic E-state index is 10.4. The maximum atomic E-state index is 10.4. The van der Waals surface area contributed by atoms with Crippen molar-refractivity contribution in [3.05, 3.63) is 34.3 Å². The first-order valence-corrected chi connectivity index (χ1v) is 5.10. The van der Waals surface area contributed by atoms with Crippen molar-refractivity contribution in [2.45, 2.75) is 18.6 Å². The predicted octanol–water partition coefficient (Wildman–Crippen LogP) is 1.08. The van der Waals surface area contributed by atoms with Crippen molar-refractivity contribution in [2.75, 3.05) is 0 Å². The number of carboxylic acids is 1. The lowest BCUT2D eigenvalue weighted by atomic mass is 10.0. The van der Waals surface area contributed by atoms with Crippen molar-refractivity contribution in [3.63, 3.8) is 0 Å². The van der Waals surface area contributed by atoms with Gasteiger partial charge in [0.05, 0.1) is 24.2 Å². The molecule has 0 saturated carbocycles. The molecular formula is C11H10ClNO4. The Morgan fingerprint density at radius 1 is 1.41 bits per heavy atom. The Balaban J connectivity index is 2.96. The molecule has 2 unspecified atom stereocenters. The van der Waals surface area contributed by atoms with E-state index in [0.717, 1.165) is 0 Å². The summed E-state index contributed by atoms with van der Waals surface area (Å²) in [7, 11) is 0. The molecule has 0 radical (unpaired) electrons. The van der Waals surface area contributed by atoms with Crippen LogP contribution >= 0.6 is 11.6 Å². The van der Waals surface area contributed by atoms with Crippen LogP contribution in [-0.4, -0.2) is 27.4 Å². The van der Waals surface area contributed by atoms with Crippen LogP contribution in [0.2, 0.25) is 5.02 Å². The summed E-state index contributed by atoms with van der Waals surface area (Å²) in [5, 5.41) is 36.6. The topological polar surface area (TPSA) is 102 Å². The van der Waals surface area contributed by atoms with E-state index in [1.165, 1.54) is 18.2 Å². The molecule has 2 atom stereocenters. The fourth-order valence-corrected chi connectivity index (χ4v) is 1.60. The number of hydrogen-bond donors (Lipinski definition) is 3. The molecule has 0 spiro atoms. The van der Waals surface area contributed by atoms with Gasteiger partial charge in [0.15, 0.2) is 0 Å². The van der Waals surface area contributed by atoms with Gasteiger partial charge in [0.2, 0.25) is 0 Å². The van der Waals surface area contributed by atoms with Crippen molar-refractivity contribution in [3.8, 4) is 6.07 Å². The Kier molecular flexibility index (Phi) is 4.46. The number of aliphatic hydroxyl groups is 2. The largest absolute Gasteiger partial charge is 0.481 e. The molecule has 0 aliphatic heterocycles. The van der Waals surface area contributed by atoms with Gasteiger partial charge in [-0.15, -0.1) is 0 Å². The molecule has 6 heteroatoms. The summed E-state index contributed by atoms with van der Waals surface area (Å²) < 4.78 is 0. The summed E-state index contributed by atoms with van der Waals surface area (Å²) in [6.07, 6.45) is -3.43. The number of carboxylic acid groups (broad SMARTS) is 1. The lowest BCUT2D eigenvalue weighted by Gasteiger charge is -2.16. The first kappa shape index (κ1) is 13.5. The number of benzene rings is 1. The van der Waals surface area contributed by atoms with Crippen LogP contribution in [0.25, 0.3) is 0 Å². The number of carbonyl (C=O) groups is 1. The molecule has 0 heterocycles. The number of hydrogen-bond acceptors (Lipinski definition) is 4. The summed E-state index contributed by atoms with van der Waals surface area (Å²) in [4.78, 5) is 10.4. The molecule has 0 bridgehead atoms. The van der Waals surface area contributed by atoms with Crippen LogP contribution in [0.15, 0.2) is 18.2 Å². The monoisotopic (exact) mass is 255 g/mol. The van der Waals surface area contributed by atoms with Gasteiger partial charge in [-0.2, -0.15) is 5.26 Å². The van der Waals surface area contributed by atoms with Gasteiger partial charge < -0.3 is 15.3 Å². The number of nitriles is 1. The smallest absolute Gasteiger partial charge is 0.306 e. The SMILES string of the molecule is N#Cc1cc(Cl)cc(C(O)C(O)CC(=O)O)c1. The molecule has 1 aromatic rings. The average Bonchev–Trinajstić information content (AvgIpc) is 2.26. The number of nitrogens with zero attached hydrogens (tertiary/aromatic N) is 1. The summed E-state index contributed by atoms with van der Waals surface area (Å²) in [5.41, 5.74) is 0.442. The molecule has 17 heavy (non-hydrogen) atoms. The van der Waals surface area contributed by atoms with Gasteiger partial charge in [0, 0.05) is 5.02 Å². The van der Waals surface area contributed by atoms with Crippen molar-refractivity contribution >= 4 is 17.6 Å². The van der Waals surface area contributed by atoms with Crippen molar-refractivity contribution in [1.82, 2.24) is 0 Å². The van der Waals surface area contributed by atoms with Crippen LogP contribution in [0, 0.1) is 11.3 Å². The Labute approximate surface area is 102 Å². The van der Waals surface area contributed by atoms with E-state index in [0.29, 0.717) is 0 Å². The van der Waals surface area contributed by atoms with Crippen LogP contribution in [0.3, 0.4) is 0 Å². The quantitative estimate of drug-likeness (QED) is 0.747. The van der Waals surface area contributed by atoms with Crippen LogP contribution in [0.4, 0.5) is 0 Å². The van der Waals surface area contributed by atoms with Crippen LogP contribution < -0.4 is 0 Å². The third-order valence-corrected chi connectivity index (χ3v) is 2.36. The van der Waals surface area contributed by atoms with Gasteiger partial charge in [0.25, 0.3) is 0 Å². The van der Waals surface area contributed by atoms with E-state index >= 15 is 0 Å². The van der Waals surface area contributed by atoms with Gasteiger partial charge in [0.1, 0.15) is 6.10 Å². The number of halogens is 1. The molecule has 3 N–H and O–H groups in total. The molecule has 0 aliphatic rings. The summed E-state index contributed by atoms with van der Waals surface area (Å²) in [6, 6.07) is 5.98. The highest BCUT2D eigenvalue weighted by Gasteiger charge is 2.21. The molecule has 0 aliphatic carbocycles. The molecule has 0 amide bonds. The van der Waals surface area contributed by atoms with E-state index in [1.54, 1.807) is 0 Å². The first-order valence-electron chi connectivity index (χ1n) is 4.72. The third-order valence-electron chi connectivity index (χ3n) is 2.14. The zero-order valence-corrected chi connectivity index (χ0v) is 9.42. The standard InChI is InChI=1S/C11H10ClNO4/c12-8-2-6(5-13)1-7(3-8)11(17)9(14)4-10(15)16/h1-3,9,11,14,17H,4H2,(H,15,16). The molecule has 90 valence electrons. The number of aliphatic carboxylic acids is 1.